The molecule has 1 atom stereocenters. The number of nitrogen functional groups attached to an aromatic ring is 1. The van der Waals surface area contributed by atoms with Gasteiger partial charge in [-0.1, -0.05) is 207 Å². The van der Waals surface area contributed by atoms with Crippen molar-refractivity contribution in [1.82, 2.24) is 19.9 Å². The highest BCUT2D eigenvalue weighted by atomic mass is 14.9. The summed E-state index contributed by atoms with van der Waals surface area (Å²) < 4.78 is 0. The number of nitrogens with two attached hydrogens (primary N) is 1. The molecule has 8 aromatic carbocycles. The average Bonchev–Trinajstić information content (AvgIpc) is 3.42. The fraction of sp³-hybridized carbons (Fsp3) is 0.0476. The molecule has 1 unspecified atom stereocenters. The zero-order valence-corrected chi connectivity index (χ0v) is 37.7. The molecule has 0 bridgehead atoms. The van der Waals surface area contributed by atoms with Crippen molar-refractivity contribution in [3.63, 3.8) is 0 Å². The largest absolute Gasteiger partial charge is 0.398 e. The molecule has 0 fully saturated rings. The molecule has 0 radical (unpaired) electrons. The van der Waals surface area contributed by atoms with Crippen molar-refractivity contribution in [2.24, 2.45) is 5.92 Å². The van der Waals surface area contributed by atoms with Crippen LogP contribution in [0.4, 0.5) is 5.69 Å². The molecule has 324 valence electrons. The Morgan fingerprint density at radius 3 is 1.18 bits per heavy atom. The van der Waals surface area contributed by atoms with Gasteiger partial charge in [0.2, 0.25) is 0 Å². The van der Waals surface area contributed by atoms with Crippen molar-refractivity contribution >= 4 is 16.8 Å². The standard InChI is InChI=1S/C63H47N5/c1-42-33-34-50(48-29-17-31-51(35-48)62-65-57(44-21-9-3-10-22-44)40-58(66-62)45-23-11-4-12-24-45)37-54(42)56-39-53(38-55(61(56)64)43-19-7-2-8-20-43)49-30-18-32-52(36-49)63-67-59(46-25-13-5-14-26-46)41-60(68-63)47-27-15-6-16-28-47/h2-32,34-42H,33,64H2,1H3. The molecule has 2 aromatic heterocycles. The van der Waals surface area contributed by atoms with E-state index in [0.717, 1.165) is 107 Å². The molecule has 1 aliphatic carbocycles. The van der Waals surface area contributed by atoms with Gasteiger partial charge >= 0.3 is 0 Å². The van der Waals surface area contributed by atoms with Crippen molar-refractivity contribution in [2.75, 3.05) is 5.73 Å². The zero-order valence-electron chi connectivity index (χ0n) is 37.7. The number of allylic oxidation sites excluding steroid dienone is 4. The maximum Gasteiger partial charge on any atom is 0.160 e. The first kappa shape index (κ1) is 41.9. The highest BCUT2D eigenvalue weighted by molar-refractivity contribution is 5.96. The van der Waals surface area contributed by atoms with Crippen LogP contribution in [0.2, 0.25) is 0 Å². The highest BCUT2D eigenvalue weighted by Gasteiger charge is 2.23. The predicted molar refractivity (Wildman–Crippen MR) is 282 cm³/mol. The third-order valence-corrected chi connectivity index (χ3v) is 12.7. The Morgan fingerprint density at radius 2 is 0.721 bits per heavy atom. The second-order valence-electron chi connectivity index (χ2n) is 17.3. The van der Waals surface area contributed by atoms with Crippen LogP contribution in [0.25, 0.3) is 101 Å². The van der Waals surface area contributed by atoms with Gasteiger partial charge in [-0.05, 0) is 82.1 Å². The van der Waals surface area contributed by atoms with E-state index in [0.29, 0.717) is 11.6 Å². The van der Waals surface area contributed by atoms with Gasteiger partial charge in [0, 0.05) is 50.2 Å². The normalized spacial score (nSPS) is 13.4. The van der Waals surface area contributed by atoms with E-state index in [4.69, 9.17) is 25.7 Å². The third kappa shape index (κ3) is 8.69. The minimum atomic E-state index is 0.222. The number of hydrogen-bond donors (Lipinski definition) is 1. The highest BCUT2D eigenvalue weighted by Crippen LogP contribution is 2.44. The quantitative estimate of drug-likeness (QED) is 0.139. The second-order valence-corrected chi connectivity index (χ2v) is 17.3. The number of benzene rings is 8. The van der Waals surface area contributed by atoms with Crippen LogP contribution in [-0.4, -0.2) is 19.9 Å². The van der Waals surface area contributed by atoms with E-state index in [2.05, 4.69) is 165 Å². The number of hydrogen-bond acceptors (Lipinski definition) is 5. The van der Waals surface area contributed by atoms with Crippen LogP contribution < -0.4 is 5.73 Å². The Morgan fingerprint density at radius 1 is 0.353 bits per heavy atom. The SMILES string of the molecule is CC1CC=C(c2cccc(-c3nc(-c4ccccc4)cc(-c4ccccc4)n3)c2)C=C1c1cc(-c2cccc(-c3nc(-c4ccccc4)cc(-c4ccccc4)n3)c2)cc(-c2ccccc2)c1N. The van der Waals surface area contributed by atoms with Gasteiger partial charge in [0.25, 0.3) is 0 Å². The molecule has 10 aromatic rings. The molecule has 2 heterocycles. The molecule has 5 nitrogen and oxygen atoms in total. The summed E-state index contributed by atoms with van der Waals surface area (Å²) in [6, 6.07) is 77.5. The fourth-order valence-corrected chi connectivity index (χ4v) is 9.11. The Hall–Kier alpha value is -8.80. The van der Waals surface area contributed by atoms with Gasteiger partial charge in [0.1, 0.15) is 0 Å². The average molecular weight is 874 g/mol. The molecule has 0 spiro atoms. The van der Waals surface area contributed by atoms with Crippen LogP contribution in [0.5, 0.6) is 0 Å². The maximum absolute atomic E-state index is 7.33. The number of anilines is 1. The van der Waals surface area contributed by atoms with Crippen LogP contribution in [0.15, 0.2) is 237 Å². The van der Waals surface area contributed by atoms with Gasteiger partial charge in [-0.25, -0.2) is 19.9 Å². The summed E-state index contributed by atoms with van der Waals surface area (Å²) >= 11 is 0. The lowest BCUT2D eigenvalue weighted by Crippen LogP contribution is -2.07. The first-order valence-electron chi connectivity index (χ1n) is 23.1. The van der Waals surface area contributed by atoms with Gasteiger partial charge < -0.3 is 5.73 Å². The summed E-state index contributed by atoms with van der Waals surface area (Å²) in [5.41, 5.74) is 26.3. The molecular weight excluding hydrogens is 827 g/mol. The zero-order chi connectivity index (χ0) is 45.8. The van der Waals surface area contributed by atoms with Crippen LogP contribution in [0, 0.1) is 5.92 Å². The Labute approximate surface area is 397 Å². The summed E-state index contributed by atoms with van der Waals surface area (Å²) in [6.45, 7) is 2.29. The Kier molecular flexibility index (Phi) is 11.4. The molecule has 0 saturated carbocycles. The van der Waals surface area contributed by atoms with Gasteiger partial charge in [-0.3, -0.25) is 0 Å². The van der Waals surface area contributed by atoms with Crippen LogP contribution in [-0.2, 0) is 0 Å². The number of rotatable bonds is 10. The van der Waals surface area contributed by atoms with E-state index in [-0.39, 0.29) is 5.92 Å². The minimum Gasteiger partial charge on any atom is -0.398 e. The summed E-state index contributed by atoms with van der Waals surface area (Å²) in [7, 11) is 0. The molecular formula is C63H47N5. The number of aromatic nitrogens is 4. The molecule has 0 aliphatic heterocycles. The summed E-state index contributed by atoms with van der Waals surface area (Å²) in [5, 5.41) is 0. The molecule has 2 N–H and O–H groups in total. The van der Waals surface area contributed by atoms with Gasteiger partial charge in [-0.15, -0.1) is 0 Å². The van der Waals surface area contributed by atoms with Crippen LogP contribution in [0.1, 0.15) is 24.5 Å². The Balaban J connectivity index is 1.00. The van der Waals surface area contributed by atoms with Crippen molar-refractivity contribution in [3.05, 3.63) is 248 Å². The summed E-state index contributed by atoms with van der Waals surface area (Å²) in [6.07, 6.45) is 5.54. The van der Waals surface area contributed by atoms with Gasteiger partial charge in [0.15, 0.2) is 11.6 Å². The first-order valence-corrected chi connectivity index (χ1v) is 23.1. The van der Waals surface area contributed by atoms with E-state index < -0.39 is 0 Å². The van der Waals surface area contributed by atoms with Crippen molar-refractivity contribution < 1.29 is 0 Å². The van der Waals surface area contributed by atoms with Crippen LogP contribution in [0.3, 0.4) is 0 Å². The smallest absolute Gasteiger partial charge is 0.160 e. The molecule has 11 rings (SSSR count). The maximum atomic E-state index is 7.33. The van der Waals surface area contributed by atoms with E-state index >= 15 is 0 Å². The van der Waals surface area contributed by atoms with Crippen LogP contribution >= 0.6 is 0 Å². The lowest BCUT2D eigenvalue weighted by atomic mass is 9.81. The second kappa shape index (κ2) is 18.6. The van der Waals surface area contributed by atoms with E-state index in [1.165, 1.54) is 5.57 Å². The van der Waals surface area contributed by atoms with E-state index in [9.17, 15) is 0 Å². The van der Waals surface area contributed by atoms with Gasteiger partial charge in [-0.2, -0.15) is 0 Å². The minimum absolute atomic E-state index is 0.222. The van der Waals surface area contributed by atoms with Crippen molar-refractivity contribution in [2.45, 2.75) is 13.3 Å². The molecule has 68 heavy (non-hydrogen) atoms. The molecule has 5 heteroatoms. The topological polar surface area (TPSA) is 77.6 Å². The lowest BCUT2D eigenvalue weighted by Gasteiger charge is -2.25. The summed E-state index contributed by atoms with van der Waals surface area (Å²) in [4.78, 5) is 20.6. The predicted octanol–water partition coefficient (Wildman–Crippen LogP) is 15.7. The Bertz CT molecular complexity index is 3360. The van der Waals surface area contributed by atoms with Crippen molar-refractivity contribution in [1.29, 1.82) is 0 Å². The lowest BCUT2D eigenvalue weighted by molar-refractivity contribution is 0.761. The first-order chi connectivity index (χ1) is 33.5. The molecule has 0 amide bonds. The monoisotopic (exact) mass is 873 g/mol. The number of nitrogens with zero attached hydrogens (tertiary/aromatic N) is 4. The molecule has 0 saturated heterocycles. The summed E-state index contributed by atoms with van der Waals surface area (Å²) in [5.74, 6) is 1.57. The van der Waals surface area contributed by atoms with Crippen molar-refractivity contribution in [3.8, 4) is 90.1 Å². The third-order valence-electron chi connectivity index (χ3n) is 12.7. The fourth-order valence-electron chi connectivity index (χ4n) is 9.11. The van der Waals surface area contributed by atoms with Gasteiger partial charge in [0.05, 0.1) is 22.8 Å². The van der Waals surface area contributed by atoms with E-state index in [1.54, 1.807) is 0 Å². The van der Waals surface area contributed by atoms with E-state index in [1.807, 2.05) is 78.9 Å². The molecule has 1 aliphatic rings.